The predicted molar refractivity (Wildman–Crippen MR) is 97.0 cm³/mol. The van der Waals surface area contributed by atoms with Crippen LogP contribution in [0, 0.1) is 30.2 Å². The van der Waals surface area contributed by atoms with E-state index in [0.29, 0.717) is 11.0 Å². The van der Waals surface area contributed by atoms with E-state index in [1.807, 2.05) is 30.3 Å². The van der Waals surface area contributed by atoms with Gasteiger partial charge in [0.15, 0.2) is 11.6 Å². The van der Waals surface area contributed by atoms with Crippen LogP contribution in [0.3, 0.4) is 0 Å². The van der Waals surface area contributed by atoms with Crippen LogP contribution < -0.4 is 4.74 Å². The summed E-state index contributed by atoms with van der Waals surface area (Å²) < 4.78 is 61.6. The summed E-state index contributed by atoms with van der Waals surface area (Å²) in [5.74, 6) is -9.40. The molecule has 3 aromatic carbocycles. The van der Waals surface area contributed by atoms with Crippen LogP contribution in [-0.2, 0) is 0 Å². The summed E-state index contributed by atoms with van der Waals surface area (Å²) in [5.41, 5.74) is 1.02. The molecule has 0 N–H and O–H groups in total. The Morgan fingerprint density at radius 2 is 1.59 bits per heavy atom. The Bertz CT molecular complexity index is 1220. The van der Waals surface area contributed by atoms with E-state index in [2.05, 4.69) is 9.72 Å². The summed E-state index contributed by atoms with van der Waals surface area (Å²) in [6, 6.07) is 13.6. The number of para-hydroxylation sites is 1. The van der Waals surface area contributed by atoms with E-state index in [9.17, 15) is 22.4 Å². The molecule has 0 bridgehead atoms. The monoisotopic (exact) mass is 400 g/mol. The molecule has 1 heterocycles. The van der Waals surface area contributed by atoms with Crippen LogP contribution in [-0.4, -0.2) is 15.5 Å². The minimum Gasteiger partial charge on any atom is -0.416 e. The van der Waals surface area contributed by atoms with Crippen LogP contribution in [0.2, 0.25) is 0 Å². The lowest BCUT2D eigenvalue weighted by molar-refractivity contribution is 0.0717. The second kappa shape index (κ2) is 7.05. The zero-order valence-corrected chi connectivity index (χ0v) is 14.9. The van der Waals surface area contributed by atoms with Crippen LogP contribution in [0.1, 0.15) is 15.9 Å². The van der Waals surface area contributed by atoms with Crippen molar-refractivity contribution in [2.45, 2.75) is 6.92 Å². The molecule has 0 radical (unpaired) electrons. The van der Waals surface area contributed by atoms with Crippen LogP contribution in [0.5, 0.6) is 5.75 Å². The molecule has 4 rings (SSSR count). The number of halogens is 4. The van der Waals surface area contributed by atoms with Crippen LogP contribution in [0.4, 0.5) is 17.6 Å². The number of aromatic nitrogens is 2. The molecule has 0 aliphatic heterocycles. The average Bonchev–Trinajstić information content (AvgIpc) is 3.17. The van der Waals surface area contributed by atoms with Crippen molar-refractivity contribution >= 4 is 17.0 Å². The Balaban J connectivity index is 1.69. The van der Waals surface area contributed by atoms with Crippen molar-refractivity contribution in [3.05, 3.63) is 89.3 Å². The molecule has 0 unspecified atom stereocenters. The number of ether oxygens (including phenoxy) is 1. The van der Waals surface area contributed by atoms with Gasteiger partial charge in [0.2, 0.25) is 17.4 Å². The van der Waals surface area contributed by atoms with Gasteiger partial charge in [0.1, 0.15) is 6.33 Å². The van der Waals surface area contributed by atoms with Crippen molar-refractivity contribution in [2.24, 2.45) is 0 Å². The second-order valence-corrected chi connectivity index (χ2v) is 6.25. The molecule has 4 aromatic rings. The average molecular weight is 400 g/mol. The van der Waals surface area contributed by atoms with Crippen molar-refractivity contribution in [2.75, 3.05) is 0 Å². The molecule has 29 heavy (non-hydrogen) atoms. The zero-order valence-electron chi connectivity index (χ0n) is 14.9. The van der Waals surface area contributed by atoms with E-state index in [0.717, 1.165) is 12.6 Å². The Morgan fingerprint density at radius 3 is 2.24 bits per heavy atom. The number of carbonyl (C=O) groups is 1. The molecule has 0 saturated carbocycles. The Labute approximate surface area is 162 Å². The summed E-state index contributed by atoms with van der Waals surface area (Å²) >= 11 is 0. The predicted octanol–water partition coefficient (Wildman–Crippen LogP) is 5.11. The fraction of sp³-hybridized carbons (Fsp3) is 0.0476. The van der Waals surface area contributed by atoms with Gasteiger partial charge in [-0.3, -0.25) is 4.57 Å². The van der Waals surface area contributed by atoms with Crippen molar-refractivity contribution in [1.82, 2.24) is 9.55 Å². The van der Waals surface area contributed by atoms with Gasteiger partial charge >= 0.3 is 5.97 Å². The molecule has 8 heteroatoms. The number of fused-ring (bicyclic) bond motifs is 1. The number of esters is 1. The number of nitrogens with zero attached hydrogens (tertiary/aromatic N) is 2. The first-order valence-corrected chi connectivity index (χ1v) is 8.45. The summed E-state index contributed by atoms with van der Waals surface area (Å²) in [7, 11) is 0. The SMILES string of the molecule is Cc1c(F)c(F)c(OC(=O)c2ccc3c(c2)ncn3-c2ccccc2)c(F)c1F. The molecule has 0 aliphatic rings. The van der Waals surface area contributed by atoms with E-state index in [1.54, 1.807) is 17.0 Å². The Hall–Kier alpha value is -3.68. The van der Waals surface area contributed by atoms with E-state index in [4.69, 9.17) is 0 Å². The molecule has 1 aromatic heterocycles. The molecule has 0 amide bonds. The van der Waals surface area contributed by atoms with Gasteiger partial charge in [-0.05, 0) is 37.3 Å². The minimum atomic E-state index is -1.77. The summed E-state index contributed by atoms with van der Waals surface area (Å²) in [5, 5.41) is 0. The van der Waals surface area contributed by atoms with Gasteiger partial charge in [0.05, 0.1) is 16.6 Å². The maximum absolute atomic E-state index is 13.9. The number of hydrogen-bond donors (Lipinski definition) is 0. The molecular formula is C21H12F4N2O2. The zero-order chi connectivity index (χ0) is 20.7. The number of benzene rings is 3. The van der Waals surface area contributed by atoms with E-state index < -0.39 is 40.6 Å². The van der Waals surface area contributed by atoms with E-state index in [-0.39, 0.29) is 5.56 Å². The largest absolute Gasteiger partial charge is 0.416 e. The Kier molecular flexibility index (Phi) is 4.54. The van der Waals surface area contributed by atoms with Gasteiger partial charge in [-0.2, -0.15) is 8.78 Å². The molecule has 0 aliphatic carbocycles. The molecule has 0 atom stereocenters. The standard InChI is InChI=1S/C21H12F4N2O2/c1-11-16(22)18(24)20(19(25)17(11)23)29-21(28)12-7-8-15-14(9-12)26-10-27(15)13-5-3-2-4-6-13/h2-10H,1H3. The number of carbonyl (C=O) groups excluding carboxylic acids is 1. The highest BCUT2D eigenvalue weighted by Crippen LogP contribution is 2.30. The highest BCUT2D eigenvalue weighted by atomic mass is 19.2. The summed E-state index contributed by atoms with van der Waals surface area (Å²) in [4.78, 5) is 16.5. The van der Waals surface area contributed by atoms with Gasteiger partial charge in [-0.25, -0.2) is 18.6 Å². The van der Waals surface area contributed by atoms with E-state index in [1.165, 1.54) is 12.1 Å². The first kappa shape index (κ1) is 18.7. The smallest absolute Gasteiger partial charge is 0.343 e. The molecular weight excluding hydrogens is 388 g/mol. The summed E-state index contributed by atoms with van der Waals surface area (Å²) in [6.07, 6.45) is 1.55. The lowest BCUT2D eigenvalue weighted by atomic mass is 10.1. The van der Waals surface area contributed by atoms with Crippen LogP contribution in [0.25, 0.3) is 16.7 Å². The van der Waals surface area contributed by atoms with Crippen molar-refractivity contribution < 1.29 is 27.1 Å². The van der Waals surface area contributed by atoms with Gasteiger partial charge in [-0.15, -0.1) is 0 Å². The minimum absolute atomic E-state index is 0.0870. The number of hydrogen-bond acceptors (Lipinski definition) is 3. The first-order chi connectivity index (χ1) is 13.9. The third kappa shape index (κ3) is 3.12. The highest BCUT2D eigenvalue weighted by Gasteiger charge is 2.26. The topological polar surface area (TPSA) is 44.1 Å². The lowest BCUT2D eigenvalue weighted by Crippen LogP contribution is -2.13. The fourth-order valence-corrected chi connectivity index (χ4v) is 2.90. The normalized spacial score (nSPS) is 11.1. The van der Waals surface area contributed by atoms with E-state index >= 15 is 0 Å². The Morgan fingerprint density at radius 1 is 0.931 bits per heavy atom. The molecule has 0 saturated heterocycles. The molecule has 0 fully saturated rings. The van der Waals surface area contributed by atoms with Crippen molar-refractivity contribution in [3.8, 4) is 11.4 Å². The second-order valence-electron chi connectivity index (χ2n) is 6.25. The van der Waals surface area contributed by atoms with Gasteiger partial charge in [-0.1, -0.05) is 18.2 Å². The quantitative estimate of drug-likeness (QED) is 0.208. The lowest BCUT2D eigenvalue weighted by Gasteiger charge is -2.10. The summed E-state index contributed by atoms with van der Waals surface area (Å²) in [6.45, 7) is 0.874. The van der Waals surface area contributed by atoms with Crippen molar-refractivity contribution in [1.29, 1.82) is 0 Å². The molecule has 4 nitrogen and oxygen atoms in total. The first-order valence-electron chi connectivity index (χ1n) is 8.45. The van der Waals surface area contributed by atoms with Crippen LogP contribution in [0.15, 0.2) is 54.9 Å². The molecule has 146 valence electrons. The number of rotatable bonds is 3. The van der Waals surface area contributed by atoms with Gasteiger partial charge in [0, 0.05) is 11.3 Å². The molecule has 0 spiro atoms. The van der Waals surface area contributed by atoms with Gasteiger partial charge in [0.25, 0.3) is 0 Å². The maximum Gasteiger partial charge on any atom is 0.343 e. The van der Waals surface area contributed by atoms with Crippen LogP contribution >= 0.6 is 0 Å². The third-order valence-electron chi connectivity index (χ3n) is 4.45. The van der Waals surface area contributed by atoms with Gasteiger partial charge < -0.3 is 4.74 Å². The third-order valence-corrected chi connectivity index (χ3v) is 4.45. The maximum atomic E-state index is 13.9. The fourth-order valence-electron chi connectivity index (χ4n) is 2.90. The number of imidazole rings is 1. The highest BCUT2D eigenvalue weighted by molar-refractivity contribution is 5.95. The van der Waals surface area contributed by atoms with Crippen molar-refractivity contribution in [3.63, 3.8) is 0 Å².